The highest BCUT2D eigenvalue weighted by Gasteiger charge is 2.26. The first-order valence-electron chi connectivity index (χ1n) is 31.2. The van der Waals surface area contributed by atoms with Gasteiger partial charge in [-0.05, 0) is 129 Å². The van der Waals surface area contributed by atoms with Gasteiger partial charge in [-0.25, -0.2) is 15.0 Å². The molecule has 0 saturated carbocycles. The molecule has 1 aromatic heterocycles. The molecule has 4 aliphatic rings. The molecule has 0 radical (unpaired) electrons. The lowest BCUT2D eigenvalue weighted by atomic mass is 10.1. The Morgan fingerprint density at radius 1 is 0.505 bits per heavy atom. The average molecular weight is 1320 g/mol. The number of ether oxygens (including phenoxy) is 4. The molecule has 4 aliphatic heterocycles. The topological polar surface area (TPSA) is 301 Å². The number of guanidine groups is 1. The van der Waals surface area contributed by atoms with Gasteiger partial charge in [-0.3, -0.25) is 33.6 Å². The van der Waals surface area contributed by atoms with Gasteiger partial charge in [-0.2, -0.15) is 0 Å². The van der Waals surface area contributed by atoms with E-state index in [1.165, 1.54) is 34.6 Å². The molecule has 0 saturated heterocycles. The lowest BCUT2D eigenvalue weighted by molar-refractivity contribution is -0.121. The Balaban J connectivity index is 0.000000252. The zero-order chi connectivity index (χ0) is 71.7. The van der Waals surface area contributed by atoms with Crippen molar-refractivity contribution in [1.29, 1.82) is 0 Å². The Bertz CT molecular complexity index is 3890. The third kappa shape index (κ3) is 23.6. The molecule has 5 heterocycles. The smallest absolute Gasteiger partial charge is 0.264 e. The summed E-state index contributed by atoms with van der Waals surface area (Å²) in [7, 11) is 10.5. The lowest BCUT2D eigenvalue weighted by Crippen LogP contribution is -2.35. The minimum atomic E-state index is -0.124. The molecule has 23 nitrogen and oxygen atoms in total. The van der Waals surface area contributed by atoms with E-state index in [2.05, 4.69) is 20.3 Å². The number of carbonyl (C=O) groups is 7. The van der Waals surface area contributed by atoms with E-state index in [-0.39, 0.29) is 73.4 Å². The van der Waals surface area contributed by atoms with Crippen LogP contribution < -0.4 is 61.1 Å². The number of hydrogen-bond acceptors (Lipinski definition) is 17. The number of nitrogens with two attached hydrogens (primary N) is 3. The number of amides is 4. The maximum absolute atomic E-state index is 12.0. The van der Waals surface area contributed by atoms with Crippen molar-refractivity contribution in [3.8, 4) is 34.3 Å². The first-order valence-corrected chi connectivity index (χ1v) is 31.2. The molecule has 8 aromatic rings. The molecular weight excluding hydrogens is 1230 g/mol. The summed E-state index contributed by atoms with van der Waals surface area (Å²) in [5, 5.41) is 3.18. The van der Waals surface area contributed by atoms with E-state index in [1.807, 2.05) is 171 Å². The summed E-state index contributed by atoms with van der Waals surface area (Å²) in [6, 6.07) is 51.4. The lowest BCUT2D eigenvalue weighted by Gasteiger charge is -2.26. The Kier molecular flexibility index (Phi) is 31.7. The minimum Gasteiger partial charge on any atom is -0.482 e. The number of aliphatic imine (C=N–C) groups is 1. The van der Waals surface area contributed by atoms with E-state index in [0.717, 1.165) is 34.0 Å². The van der Waals surface area contributed by atoms with E-state index >= 15 is 0 Å². The van der Waals surface area contributed by atoms with Crippen molar-refractivity contribution in [3.63, 3.8) is 0 Å². The van der Waals surface area contributed by atoms with Crippen LogP contribution in [0.4, 0.5) is 45.8 Å². The molecule has 7 aromatic carbocycles. The maximum atomic E-state index is 12.0. The van der Waals surface area contributed by atoms with Gasteiger partial charge in [-0.1, -0.05) is 96.1 Å². The number of allylic oxidation sites excluding steroid dienone is 1. The second kappa shape index (κ2) is 39.6. The number of likely N-dealkylation sites (N-methyl/N-ethyl adjacent to an activating group) is 4. The number of Topliss-reactive ketones (excluding diaryl/α,β-unsaturated/α-hetero) is 2. The van der Waals surface area contributed by atoms with Crippen molar-refractivity contribution < 1.29 is 52.5 Å². The summed E-state index contributed by atoms with van der Waals surface area (Å²) < 4.78 is 21.3. The second-order valence-corrected chi connectivity index (χ2v) is 20.5. The predicted octanol–water partition coefficient (Wildman–Crippen LogP) is 12.0. The molecule has 4 amide bonds. The maximum Gasteiger partial charge on any atom is 0.264 e. The fourth-order valence-electron chi connectivity index (χ4n) is 8.49. The van der Waals surface area contributed by atoms with E-state index in [0.29, 0.717) is 62.7 Å². The van der Waals surface area contributed by atoms with Crippen LogP contribution in [0.1, 0.15) is 86.5 Å². The Morgan fingerprint density at radius 3 is 1.26 bits per heavy atom. The summed E-state index contributed by atoms with van der Waals surface area (Å²) in [4.78, 5) is 101. The van der Waals surface area contributed by atoms with Gasteiger partial charge in [0, 0.05) is 94.4 Å². The quantitative estimate of drug-likeness (QED) is 0.0343. The van der Waals surface area contributed by atoms with Crippen LogP contribution in [-0.4, -0.2) is 131 Å². The molecule has 97 heavy (non-hydrogen) atoms. The number of ketones is 3. The SMILES string of the molecule is CC.CC.CC.CC(=O)c1ccc2c(c1)N(C)C(=O)CO2.CC(=O)c1ccc2c(c1)N(C)C(=O)CO2.CN(C)/C=C/C(=O)c1ccc2c(c1)N(C)C(=O)CO2.CN1C(=O)COc2ccc(-c3ccnc(Nc4ccccc4)n3)cc21.NC(N)=Nc1ccccc1.Nc1ccccc1. The molecule has 23 heteroatoms. The number of carbonyl (C=O) groups excluding carboxylic acids is 7. The second-order valence-electron chi connectivity index (χ2n) is 20.5. The average Bonchev–Trinajstić information content (AvgIpc) is 0.839. The van der Waals surface area contributed by atoms with Crippen molar-refractivity contribution >= 4 is 92.7 Å². The molecule has 0 fully saturated rings. The molecule has 0 aliphatic carbocycles. The minimum absolute atomic E-state index is 0.0239. The van der Waals surface area contributed by atoms with E-state index < -0.39 is 0 Å². The van der Waals surface area contributed by atoms with Gasteiger partial charge in [0.1, 0.15) is 23.0 Å². The van der Waals surface area contributed by atoms with Crippen molar-refractivity contribution in [3.05, 3.63) is 205 Å². The van der Waals surface area contributed by atoms with Crippen LogP contribution in [0.3, 0.4) is 0 Å². The molecule has 12 rings (SSSR count). The molecule has 7 N–H and O–H groups in total. The molecule has 0 atom stereocenters. The third-order valence-electron chi connectivity index (χ3n) is 13.6. The molecule has 510 valence electrons. The number of hydrogen-bond donors (Lipinski definition) is 4. The normalized spacial score (nSPS) is 12.4. The summed E-state index contributed by atoms with van der Waals surface area (Å²) >= 11 is 0. The van der Waals surface area contributed by atoms with Crippen LogP contribution in [0, 0.1) is 0 Å². The van der Waals surface area contributed by atoms with Gasteiger partial charge < -0.3 is 66.0 Å². The zero-order valence-corrected chi connectivity index (χ0v) is 57.5. The highest BCUT2D eigenvalue weighted by molar-refractivity contribution is 6.07. The van der Waals surface area contributed by atoms with Crippen LogP contribution in [0.5, 0.6) is 23.0 Å². The first-order chi connectivity index (χ1) is 46.6. The van der Waals surface area contributed by atoms with Gasteiger partial charge in [0.05, 0.1) is 34.1 Å². The highest BCUT2D eigenvalue weighted by Crippen LogP contribution is 2.37. The Hall–Kier alpha value is -11.9. The number of nitrogens with one attached hydrogen (secondary N) is 1. The van der Waals surface area contributed by atoms with Gasteiger partial charge in [-0.15, -0.1) is 0 Å². The summed E-state index contributed by atoms with van der Waals surface area (Å²) in [6.45, 7) is 15.2. The summed E-state index contributed by atoms with van der Waals surface area (Å²) in [5.74, 6) is 2.64. The number of nitrogens with zero attached hydrogens (tertiary/aromatic N) is 8. The van der Waals surface area contributed by atoms with Crippen molar-refractivity contribution in [2.24, 2.45) is 16.5 Å². The summed E-state index contributed by atoms with van der Waals surface area (Å²) in [5.41, 5.74) is 24.2. The van der Waals surface area contributed by atoms with E-state index in [1.54, 1.807) is 105 Å². The fourth-order valence-corrected chi connectivity index (χ4v) is 8.49. The number of para-hydroxylation sites is 3. The Morgan fingerprint density at radius 2 is 0.876 bits per heavy atom. The van der Waals surface area contributed by atoms with Gasteiger partial charge in [0.25, 0.3) is 23.6 Å². The standard InChI is InChI=1S/C19H16N4O2.C14H16N2O3.2C11H11NO3.C7H9N3.C6H7N.3C2H6/c1-23-16-11-13(7-8-17(16)25-12-18(23)24)15-9-10-20-19(22-15)21-14-5-3-2-4-6-14;1-15(2)7-6-12(17)10-4-5-13-11(8-10)16(3)14(18)9-19-13;2*1-7(13)8-3-4-10-9(5-8)12(2)11(14)6-15-10;8-7(9)10-6-4-2-1-3-5-6;7-6-4-2-1-3-5-6;3*1-2/h2-11H,12H2,1H3,(H,20,21,22);4-8H,9H2,1-3H3;2*3-5H,6H2,1-2H3;1-5H,(H4,8,9,10);1-5H,7H2;3*1-2H3/b;7-6+;;;;;;;. The van der Waals surface area contributed by atoms with Crippen molar-refractivity contribution in [2.75, 3.05) is 99.4 Å². The number of rotatable bonds is 9. The monoisotopic (exact) mass is 1320 g/mol. The number of anilines is 7. The van der Waals surface area contributed by atoms with Crippen molar-refractivity contribution in [2.45, 2.75) is 55.4 Å². The highest BCUT2D eigenvalue weighted by atomic mass is 16.5. The summed E-state index contributed by atoms with van der Waals surface area (Å²) in [6.07, 6.45) is 4.89. The van der Waals surface area contributed by atoms with E-state index in [9.17, 15) is 33.6 Å². The number of aromatic nitrogens is 2. The Labute approximate surface area is 568 Å². The molecule has 0 bridgehead atoms. The first kappa shape index (κ1) is 77.6. The zero-order valence-electron chi connectivity index (χ0n) is 57.5. The largest absolute Gasteiger partial charge is 0.482 e. The molecule has 0 spiro atoms. The van der Waals surface area contributed by atoms with Crippen LogP contribution >= 0.6 is 0 Å². The van der Waals surface area contributed by atoms with E-state index in [4.69, 9.17) is 36.1 Å². The molecule has 0 unspecified atom stereocenters. The van der Waals surface area contributed by atoms with Crippen LogP contribution in [0.25, 0.3) is 11.3 Å². The van der Waals surface area contributed by atoms with Gasteiger partial charge in [0.2, 0.25) is 5.95 Å². The van der Waals surface area contributed by atoms with Gasteiger partial charge in [0.15, 0.2) is 49.7 Å². The van der Waals surface area contributed by atoms with Crippen LogP contribution in [-0.2, 0) is 19.2 Å². The fraction of sp³-hybridized carbons (Fsp3) is 0.243. The molecular formula is C74H88N12O11. The van der Waals surface area contributed by atoms with Gasteiger partial charge >= 0.3 is 0 Å². The third-order valence-corrected chi connectivity index (χ3v) is 13.6. The number of nitrogen functional groups attached to an aromatic ring is 1. The van der Waals surface area contributed by atoms with Crippen LogP contribution in [0.15, 0.2) is 193 Å². The van der Waals surface area contributed by atoms with Crippen LogP contribution in [0.2, 0.25) is 0 Å². The van der Waals surface area contributed by atoms with Crippen molar-refractivity contribution in [1.82, 2.24) is 14.9 Å². The number of benzene rings is 7. The number of fused-ring (bicyclic) bond motifs is 4. The predicted molar refractivity (Wildman–Crippen MR) is 386 cm³/mol.